The van der Waals surface area contributed by atoms with Gasteiger partial charge in [0.25, 0.3) is 5.91 Å². The van der Waals surface area contributed by atoms with Crippen LogP contribution in [0.5, 0.6) is 11.5 Å². The van der Waals surface area contributed by atoms with E-state index >= 15 is 0 Å². The Morgan fingerprint density at radius 1 is 1.21 bits per heavy atom. The van der Waals surface area contributed by atoms with Gasteiger partial charge >= 0.3 is 6.36 Å². The molecule has 0 aliphatic carbocycles. The maximum atomic E-state index is 12.2. The Morgan fingerprint density at radius 3 is 2.55 bits per heavy atom. The van der Waals surface area contributed by atoms with Crippen LogP contribution < -0.4 is 14.8 Å². The number of hydrogen-bond donors (Lipinski definition) is 2. The summed E-state index contributed by atoms with van der Waals surface area (Å²) in [5.41, 5.74) is 0.769. The Kier molecular flexibility index (Phi) is 6.17. The molecular weight excluding hydrogens is 395 g/mol. The van der Waals surface area contributed by atoms with E-state index in [0.29, 0.717) is 11.3 Å². The Balaban J connectivity index is 1.54. The monoisotopic (exact) mass is 411 g/mol. The summed E-state index contributed by atoms with van der Waals surface area (Å²) in [5.74, 6) is -0.165. The van der Waals surface area contributed by atoms with E-state index in [1.807, 2.05) is 0 Å². The summed E-state index contributed by atoms with van der Waals surface area (Å²) < 4.78 is 46.0. The van der Waals surface area contributed by atoms with Gasteiger partial charge < -0.3 is 24.7 Å². The van der Waals surface area contributed by atoms with Crippen LogP contribution in [0.25, 0.3) is 0 Å². The van der Waals surface area contributed by atoms with Crippen molar-refractivity contribution in [2.24, 2.45) is 5.16 Å². The molecule has 11 heteroatoms. The molecule has 0 saturated heterocycles. The molecule has 2 N–H and O–H groups in total. The van der Waals surface area contributed by atoms with Crippen molar-refractivity contribution in [3.63, 3.8) is 0 Å². The number of nitrogens with one attached hydrogen (secondary N) is 1. The van der Waals surface area contributed by atoms with Crippen molar-refractivity contribution in [3.05, 3.63) is 53.9 Å². The van der Waals surface area contributed by atoms with Crippen LogP contribution in [0.3, 0.4) is 0 Å². The summed E-state index contributed by atoms with van der Waals surface area (Å²) in [6, 6.07) is 8.26. The fourth-order valence-corrected chi connectivity index (χ4v) is 2.45. The average molecular weight is 411 g/mol. The van der Waals surface area contributed by atoms with E-state index in [-0.39, 0.29) is 36.9 Å². The molecule has 0 radical (unpaired) electrons. The van der Waals surface area contributed by atoms with Gasteiger partial charge in [0, 0.05) is 6.54 Å². The predicted molar refractivity (Wildman–Crippen MR) is 93.3 cm³/mol. The molecule has 8 nitrogen and oxygen atoms in total. The topological polar surface area (TPSA) is 102 Å². The lowest BCUT2D eigenvalue weighted by Crippen LogP contribution is -2.27. The number of ether oxygens (including phenoxy) is 2. The number of amides is 1. The molecule has 0 saturated carbocycles. The standard InChI is InChI=1S/C18H16F3N3O5/c19-18(20,21)28-12-3-1-11(2-4-12)15-9-16(24-29-15)27-13-5-6-14(23-10-13)17(26)22-7-8-25/h1-6,10,15,25H,7-9H2,(H,22,26)/t15-/m0/s1. The number of nitrogens with zero attached hydrogens (tertiary/aromatic N) is 2. The number of oxime groups is 1. The van der Waals surface area contributed by atoms with Gasteiger partial charge in [-0.2, -0.15) is 0 Å². The lowest BCUT2D eigenvalue weighted by molar-refractivity contribution is -0.274. The summed E-state index contributed by atoms with van der Waals surface area (Å²) in [4.78, 5) is 21.0. The smallest absolute Gasteiger partial charge is 0.438 e. The molecule has 1 aliphatic heterocycles. The SMILES string of the molecule is O=C(NCCO)c1ccc(OC2=NO[C@H](c3ccc(OC(F)(F)F)cc3)C2)cn1. The number of benzene rings is 1. The largest absolute Gasteiger partial charge is 0.573 e. The van der Waals surface area contributed by atoms with Gasteiger partial charge in [0.05, 0.1) is 19.2 Å². The minimum Gasteiger partial charge on any atom is -0.438 e. The van der Waals surface area contributed by atoms with Gasteiger partial charge in [-0.05, 0) is 29.8 Å². The fraction of sp³-hybridized carbons (Fsp3) is 0.278. The van der Waals surface area contributed by atoms with E-state index in [1.165, 1.54) is 42.6 Å². The van der Waals surface area contributed by atoms with Crippen LogP contribution in [0.4, 0.5) is 13.2 Å². The second-order valence-corrected chi connectivity index (χ2v) is 5.86. The minimum absolute atomic E-state index is 0.123. The zero-order valence-corrected chi connectivity index (χ0v) is 14.8. The zero-order chi connectivity index (χ0) is 20.9. The molecule has 1 atom stereocenters. The number of aliphatic hydroxyl groups is 1. The first kappa shape index (κ1) is 20.4. The number of pyridine rings is 1. The number of alkyl halides is 3. The van der Waals surface area contributed by atoms with Crippen molar-refractivity contribution in [2.75, 3.05) is 13.2 Å². The highest BCUT2D eigenvalue weighted by atomic mass is 19.4. The highest BCUT2D eigenvalue weighted by Gasteiger charge is 2.31. The lowest BCUT2D eigenvalue weighted by atomic mass is 10.1. The van der Waals surface area contributed by atoms with E-state index in [4.69, 9.17) is 14.7 Å². The van der Waals surface area contributed by atoms with Crippen molar-refractivity contribution in [3.8, 4) is 11.5 Å². The summed E-state index contributed by atoms with van der Waals surface area (Å²) in [7, 11) is 0. The summed E-state index contributed by atoms with van der Waals surface area (Å²) in [6.07, 6.45) is -3.66. The molecular formula is C18H16F3N3O5. The van der Waals surface area contributed by atoms with Crippen LogP contribution in [-0.4, -0.2) is 41.4 Å². The maximum Gasteiger partial charge on any atom is 0.573 e. The van der Waals surface area contributed by atoms with Gasteiger partial charge in [0.15, 0.2) is 6.10 Å². The molecule has 29 heavy (non-hydrogen) atoms. The van der Waals surface area contributed by atoms with Gasteiger partial charge in [-0.15, -0.1) is 13.2 Å². The van der Waals surface area contributed by atoms with Crippen LogP contribution in [-0.2, 0) is 4.84 Å². The van der Waals surface area contributed by atoms with Crippen molar-refractivity contribution in [2.45, 2.75) is 18.9 Å². The van der Waals surface area contributed by atoms with E-state index in [0.717, 1.165) is 0 Å². The molecule has 3 rings (SSSR count). The van der Waals surface area contributed by atoms with Gasteiger partial charge in [0.1, 0.15) is 17.2 Å². The highest BCUT2D eigenvalue weighted by molar-refractivity contribution is 5.92. The van der Waals surface area contributed by atoms with Crippen LogP contribution in [0.15, 0.2) is 47.8 Å². The van der Waals surface area contributed by atoms with Gasteiger partial charge in [-0.1, -0.05) is 17.3 Å². The highest BCUT2D eigenvalue weighted by Crippen LogP contribution is 2.30. The van der Waals surface area contributed by atoms with Crippen molar-refractivity contribution in [1.29, 1.82) is 0 Å². The lowest BCUT2D eigenvalue weighted by Gasteiger charge is -2.11. The molecule has 1 aromatic heterocycles. The first-order valence-electron chi connectivity index (χ1n) is 8.45. The van der Waals surface area contributed by atoms with Gasteiger partial charge in [-0.25, -0.2) is 4.98 Å². The zero-order valence-electron chi connectivity index (χ0n) is 14.8. The third kappa shape index (κ3) is 5.82. The van der Waals surface area contributed by atoms with Crippen molar-refractivity contribution < 1.29 is 37.4 Å². The normalized spacial score (nSPS) is 16.0. The molecule has 2 heterocycles. The predicted octanol–water partition coefficient (Wildman–Crippen LogP) is 2.56. The molecule has 0 fully saturated rings. The fourth-order valence-electron chi connectivity index (χ4n) is 2.45. The number of halogens is 3. The number of carbonyl (C=O) groups excluding carboxylic acids is 1. The van der Waals surface area contributed by atoms with E-state index in [1.54, 1.807) is 0 Å². The van der Waals surface area contributed by atoms with E-state index in [9.17, 15) is 18.0 Å². The van der Waals surface area contributed by atoms with Crippen molar-refractivity contribution in [1.82, 2.24) is 10.3 Å². The Labute approximate surface area is 162 Å². The van der Waals surface area contributed by atoms with Gasteiger partial charge in [0.2, 0.25) is 5.90 Å². The minimum atomic E-state index is -4.75. The number of hydrogen-bond acceptors (Lipinski definition) is 7. The Morgan fingerprint density at radius 2 is 1.93 bits per heavy atom. The third-order valence-corrected chi connectivity index (χ3v) is 3.73. The molecule has 1 amide bonds. The van der Waals surface area contributed by atoms with Crippen molar-refractivity contribution >= 4 is 11.8 Å². The number of aromatic nitrogens is 1. The first-order chi connectivity index (χ1) is 13.8. The molecule has 0 bridgehead atoms. The molecule has 0 spiro atoms. The van der Waals surface area contributed by atoms with E-state index < -0.39 is 18.4 Å². The summed E-state index contributed by atoms with van der Waals surface area (Å²) >= 11 is 0. The molecule has 1 aromatic carbocycles. The molecule has 1 aliphatic rings. The molecule has 0 unspecified atom stereocenters. The van der Waals surface area contributed by atoms with Crippen LogP contribution >= 0.6 is 0 Å². The molecule has 154 valence electrons. The second kappa shape index (κ2) is 8.78. The van der Waals surface area contributed by atoms with Crippen LogP contribution in [0, 0.1) is 0 Å². The van der Waals surface area contributed by atoms with Gasteiger partial charge in [-0.3, -0.25) is 4.79 Å². The third-order valence-electron chi connectivity index (χ3n) is 3.73. The second-order valence-electron chi connectivity index (χ2n) is 5.86. The van der Waals surface area contributed by atoms with E-state index in [2.05, 4.69) is 20.2 Å². The quantitative estimate of drug-likeness (QED) is 0.758. The van der Waals surface area contributed by atoms with Crippen LogP contribution in [0.1, 0.15) is 28.6 Å². The first-order valence-corrected chi connectivity index (χ1v) is 8.45. The molecule has 2 aromatic rings. The Hall–Kier alpha value is -3.34. The number of carbonyl (C=O) groups is 1. The number of rotatable bonds is 6. The summed E-state index contributed by atoms with van der Waals surface area (Å²) in [6.45, 7) is -0.0520. The summed E-state index contributed by atoms with van der Waals surface area (Å²) in [5, 5.41) is 15.0. The Bertz CT molecular complexity index is 870. The average Bonchev–Trinajstić information content (AvgIpc) is 3.14. The number of aliphatic hydroxyl groups excluding tert-OH is 1. The maximum absolute atomic E-state index is 12.2. The van der Waals surface area contributed by atoms with Crippen LogP contribution in [0.2, 0.25) is 0 Å².